The number of amides is 1. The summed E-state index contributed by atoms with van der Waals surface area (Å²) in [4.78, 5) is 46.1. The van der Waals surface area contributed by atoms with Crippen LogP contribution in [0.25, 0.3) is 0 Å². The number of ether oxygens (including phenoxy) is 2. The van der Waals surface area contributed by atoms with Crippen molar-refractivity contribution in [2.45, 2.75) is 78.6 Å². The first-order valence-corrected chi connectivity index (χ1v) is 9.96. The van der Waals surface area contributed by atoms with E-state index < -0.39 is 29.3 Å². The van der Waals surface area contributed by atoms with Crippen LogP contribution in [0.2, 0.25) is 0 Å². The number of carbonyl (C=O) groups excluding carboxylic acids is 3. The molecule has 0 aliphatic rings. The fraction of sp³-hybridized carbons (Fsp3) is 0.591. The molecular weight excluding hydrogens is 390 g/mol. The molecule has 8 nitrogen and oxygen atoms in total. The van der Waals surface area contributed by atoms with Gasteiger partial charge in [0.05, 0.1) is 12.2 Å². The molecule has 0 spiro atoms. The van der Waals surface area contributed by atoms with E-state index in [2.05, 4.69) is 10.2 Å². The standard InChI is InChI=1S/C22H33NO7/c1-8-9-18(24)30-29-16-12-10-15(11-13-16)19(25)17(14-27-21(2,3)4)23-20(26)28-22(5,6)7/h10-13,17H,8-9,14H2,1-7H3,(H,23,26). The highest BCUT2D eigenvalue weighted by atomic mass is 17.2. The minimum Gasteiger partial charge on any atom is -0.444 e. The van der Waals surface area contributed by atoms with Crippen molar-refractivity contribution in [1.82, 2.24) is 5.32 Å². The number of ketones is 1. The highest BCUT2D eigenvalue weighted by molar-refractivity contribution is 6.01. The van der Waals surface area contributed by atoms with Crippen LogP contribution in [0, 0.1) is 0 Å². The Morgan fingerprint density at radius 3 is 2.07 bits per heavy atom. The molecular formula is C22H33NO7. The Labute approximate surface area is 178 Å². The number of benzene rings is 1. The van der Waals surface area contributed by atoms with E-state index in [-0.39, 0.29) is 24.6 Å². The molecule has 1 atom stereocenters. The zero-order valence-electron chi connectivity index (χ0n) is 18.9. The molecule has 0 aliphatic heterocycles. The van der Waals surface area contributed by atoms with Crippen LogP contribution in [0.3, 0.4) is 0 Å². The summed E-state index contributed by atoms with van der Waals surface area (Å²) in [5.41, 5.74) is -0.855. The lowest BCUT2D eigenvalue weighted by atomic mass is 10.0. The molecule has 8 heteroatoms. The van der Waals surface area contributed by atoms with E-state index in [1.807, 2.05) is 27.7 Å². The molecule has 1 unspecified atom stereocenters. The van der Waals surface area contributed by atoms with Gasteiger partial charge in [0.1, 0.15) is 11.6 Å². The first-order chi connectivity index (χ1) is 13.8. The second-order valence-electron chi connectivity index (χ2n) is 8.80. The van der Waals surface area contributed by atoms with E-state index in [1.165, 1.54) is 24.3 Å². The SMILES string of the molecule is CCCC(=O)OOc1ccc(C(=O)C(COC(C)(C)C)NC(=O)OC(C)(C)C)cc1. The summed E-state index contributed by atoms with van der Waals surface area (Å²) < 4.78 is 11.0. The Balaban J connectivity index is 2.86. The zero-order chi connectivity index (χ0) is 22.9. The third kappa shape index (κ3) is 10.2. The summed E-state index contributed by atoms with van der Waals surface area (Å²) in [6.45, 7) is 12.6. The largest absolute Gasteiger partial charge is 0.444 e. The molecule has 0 aromatic heterocycles. The highest BCUT2D eigenvalue weighted by Gasteiger charge is 2.27. The smallest absolute Gasteiger partial charge is 0.408 e. The molecule has 168 valence electrons. The topological polar surface area (TPSA) is 100 Å². The molecule has 0 aliphatic carbocycles. The molecule has 1 aromatic carbocycles. The number of rotatable bonds is 9. The summed E-state index contributed by atoms with van der Waals surface area (Å²) in [6, 6.07) is 5.11. The summed E-state index contributed by atoms with van der Waals surface area (Å²) >= 11 is 0. The summed E-state index contributed by atoms with van der Waals surface area (Å²) in [7, 11) is 0. The van der Waals surface area contributed by atoms with Crippen molar-refractivity contribution in [1.29, 1.82) is 0 Å². The van der Waals surface area contributed by atoms with Gasteiger partial charge in [-0.2, -0.15) is 0 Å². The molecule has 0 radical (unpaired) electrons. The van der Waals surface area contributed by atoms with Crippen LogP contribution in [0.15, 0.2) is 24.3 Å². The van der Waals surface area contributed by atoms with Gasteiger partial charge < -0.3 is 14.8 Å². The van der Waals surface area contributed by atoms with Crippen molar-refractivity contribution in [2.24, 2.45) is 0 Å². The first-order valence-electron chi connectivity index (χ1n) is 9.96. The van der Waals surface area contributed by atoms with Crippen LogP contribution in [-0.4, -0.2) is 41.7 Å². The fourth-order valence-corrected chi connectivity index (χ4v) is 2.18. The summed E-state index contributed by atoms with van der Waals surface area (Å²) in [5.74, 6) is -0.545. The number of carbonyl (C=O) groups is 3. The monoisotopic (exact) mass is 423 g/mol. The molecule has 1 aromatic rings. The molecule has 0 fully saturated rings. The lowest BCUT2D eigenvalue weighted by molar-refractivity contribution is -0.213. The third-order valence-corrected chi connectivity index (χ3v) is 3.51. The van der Waals surface area contributed by atoms with E-state index >= 15 is 0 Å². The number of alkyl carbamates (subject to hydrolysis) is 1. The van der Waals surface area contributed by atoms with Gasteiger partial charge >= 0.3 is 12.1 Å². The van der Waals surface area contributed by atoms with Gasteiger partial charge in [-0.25, -0.2) is 9.59 Å². The Morgan fingerprint density at radius 1 is 0.967 bits per heavy atom. The number of hydrogen-bond acceptors (Lipinski definition) is 7. The van der Waals surface area contributed by atoms with Gasteiger partial charge in [0.2, 0.25) is 0 Å². The van der Waals surface area contributed by atoms with Crippen LogP contribution in [0.1, 0.15) is 71.7 Å². The third-order valence-electron chi connectivity index (χ3n) is 3.51. The van der Waals surface area contributed by atoms with Gasteiger partial charge in [-0.15, -0.1) is 0 Å². The van der Waals surface area contributed by atoms with Gasteiger partial charge in [-0.05, 0) is 72.2 Å². The Bertz CT molecular complexity index is 714. The molecule has 0 saturated heterocycles. The second-order valence-corrected chi connectivity index (χ2v) is 8.80. The molecule has 1 rings (SSSR count). The van der Waals surface area contributed by atoms with Gasteiger partial charge in [-0.1, -0.05) is 6.92 Å². The molecule has 1 amide bonds. The van der Waals surface area contributed by atoms with Crippen LogP contribution in [0.4, 0.5) is 4.79 Å². The van der Waals surface area contributed by atoms with E-state index in [0.717, 1.165) is 0 Å². The average molecular weight is 424 g/mol. The molecule has 0 heterocycles. The van der Waals surface area contributed by atoms with Crippen molar-refractivity contribution < 1.29 is 33.6 Å². The van der Waals surface area contributed by atoms with Crippen molar-refractivity contribution in [3.63, 3.8) is 0 Å². The number of nitrogens with one attached hydrogen (secondary N) is 1. The summed E-state index contributed by atoms with van der Waals surface area (Å²) in [5, 5.41) is 2.58. The predicted molar refractivity (Wildman–Crippen MR) is 111 cm³/mol. The van der Waals surface area contributed by atoms with E-state index in [4.69, 9.17) is 14.4 Å². The van der Waals surface area contributed by atoms with Crippen molar-refractivity contribution in [3.8, 4) is 5.75 Å². The van der Waals surface area contributed by atoms with Crippen LogP contribution < -0.4 is 10.2 Å². The molecule has 30 heavy (non-hydrogen) atoms. The van der Waals surface area contributed by atoms with Gasteiger partial charge in [-0.3, -0.25) is 14.6 Å². The van der Waals surface area contributed by atoms with Crippen LogP contribution in [0.5, 0.6) is 5.75 Å². The second kappa shape index (κ2) is 11.0. The predicted octanol–water partition coefficient (Wildman–Crippen LogP) is 4.21. The Kier molecular flexibility index (Phi) is 9.29. The van der Waals surface area contributed by atoms with Gasteiger partial charge in [0.15, 0.2) is 11.5 Å². The maximum Gasteiger partial charge on any atom is 0.408 e. The van der Waals surface area contributed by atoms with Gasteiger partial charge in [0, 0.05) is 12.0 Å². The molecule has 0 bridgehead atoms. The van der Waals surface area contributed by atoms with Crippen molar-refractivity contribution in [2.75, 3.05) is 6.61 Å². The van der Waals surface area contributed by atoms with E-state index in [9.17, 15) is 14.4 Å². The Morgan fingerprint density at radius 2 is 1.57 bits per heavy atom. The maximum absolute atomic E-state index is 12.9. The van der Waals surface area contributed by atoms with Gasteiger partial charge in [0.25, 0.3) is 0 Å². The minimum atomic E-state index is -0.937. The zero-order valence-corrected chi connectivity index (χ0v) is 18.9. The highest BCUT2D eigenvalue weighted by Crippen LogP contribution is 2.16. The van der Waals surface area contributed by atoms with Crippen LogP contribution >= 0.6 is 0 Å². The Hall–Kier alpha value is -2.61. The van der Waals surface area contributed by atoms with Crippen molar-refractivity contribution in [3.05, 3.63) is 29.8 Å². The minimum absolute atomic E-state index is 0.0194. The van der Waals surface area contributed by atoms with E-state index in [1.54, 1.807) is 20.8 Å². The normalized spacial score (nSPS) is 12.6. The quantitative estimate of drug-likeness (QED) is 0.361. The number of Topliss-reactive ketones (excluding diaryl/α,β-unsaturated/α-hetero) is 1. The number of hydrogen-bond donors (Lipinski definition) is 1. The lowest BCUT2D eigenvalue weighted by Crippen LogP contribution is -2.47. The van der Waals surface area contributed by atoms with Crippen molar-refractivity contribution >= 4 is 17.8 Å². The van der Waals surface area contributed by atoms with E-state index in [0.29, 0.717) is 12.0 Å². The average Bonchev–Trinajstić information content (AvgIpc) is 2.61. The fourth-order valence-electron chi connectivity index (χ4n) is 2.18. The van der Waals surface area contributed by atoms with Crippen LogP contribution in [-0.2, 0) is 19.2 Å². The molecule has 1 N–H and O–H groups in total. The summed E-state index contributed by atoms with van der Waals surface area (Å²) in [6.07, 6.45) is 0.196. The maximum atomic E-state index is 12.9. The lowest BCUT2D eigenvalue weighted by Gasteiger charge is -2.26. The first kappa shape index (κ1) is 25.4. The molecule has 0 saturated carbocycles.